The van der Waals surface area contributed by atoms with Crippen LogP contribution in [-0.4, -0.2) is 5.91 Å². The van der Waals surface area contributed by atoms with Gasteiger partial charge in [0.1, 0.15) is 6.07 Å². The molecule has 0 radical (unpaired) electrons. The number of rotatable bonds is 2. The van der Waals surface area contributed by atoms with Crippen molar-refractivity contribution in [3.05, 3.63) is 62.6 Å². The van der Waals surface area contributed by atoms with Crippen LogP contribution in [0.1, 0.15) is 21.5 Å². The van der Waals surface area contributed by atoms with Gasteiger partial charge in [-0.15, -0.1) is 0 Å². The van der Waals surface area contributed by atoms with E-state index < -0.39 is 0 Å². The Morgan fingerprint density at radius 3 is 2.80 bits per heavy atom. The number of nitrogens with one attached hydrogen (secondary N) is 1. The van der Waals surface area contributed by atoms with Gasteiger partial charge in [0.15, 0.2) is 0 Å². The Hall–Kier alpha value is -1.83. The van der Waals surface area contributed by atoms with Gasteiger partial charge >= 0.3 is 0 Å². The van der Waals surface area contributed by atoms with Gasteiger partial charge in [0.05, 0.1) is 10.6 Å². The highest BCUT2D eigenvalue weighted by Gasteiger charge is 2.11. The standard InChI is InChI=1S/C15H10BrClN2O/c1-9-12(3-2-4-13(9)16)15(20)19-11-5-6-14(17)10(7-11)8-18/h2-7H,1H3,(H,19,20). The van der Waals surface area contributed by atoms with E-state index in [0.29, 0.717) is 21.8 Å². The minimum Gasteiger partial charge on any atom is -0.322 e. The van der Waals surface area contributed by atoms with Crippen molar-refractivity contribution in [2.24, 2.45) is 0 Å². The van der Waals surface area contributed by atoms with Gasteiger partial charge in [0, 0.05) is 15.7 Å². The van der Waals surface area contributed by atoms with Crippen molar-refractivity contribution in [3.8, 4) is 6.07 Å². The van der Waals surface area contributed by atoms with Crippen LogP contribution in [0, 0.1) is 18.3 Å². The molecule has 100 valence electrons. The third-order valence-corrected chi connectivity index (χ3v) is 4.05. The van der Waals surface area contributed by atoms with Gasteiger partial charge in [-0.25, -0.2) is 0 Å². The molecule has 0 saturated heterocycles. The van der Waals surface area contributed by atoms with Crippen molar-refractivity contribution in [1.29, 1.82) is 5.26 Å². The largest absolute Gasteiger partial charge is 0.322 e. The molecule has 0 aliphatic carbocycles. The number of carbonyl (C=O) groups is 1. The summed E-state index contributed by atoms with van der Waals surface area (Å²) in [5.74, 6) is -0.227. The average molecular weight is 350 g/mol. The molecule has 1 N–H and O–H groups in total. The second kappa shape index (κ2) is 6.08. The molecule has 1 amide bonds. The van der Waals surface area contributed by atoms with E-state index in [1.807, 2.05) is 19.1 Å². The lowest BCUT2D eigenvalue weighted by molar-refractivity contribution is 0.102. The Morgan fingerprint density at radius 1 is 1.35 bits per heavy atom. The molecule has 2 aromatic rings. The van der Waals surface area contributed by atoms with E-state index in [1.54, 1.807) is 30.3 Å². The molecule has 0 bridgehead atoms. The third-order valence-electron chi connectivity index (χ3n) is 2.86. The summed E-state index contributed by atoms with van der Waals surface area (Å²) in [6, 6.07) is 12.2. The third kappa shape index (κ3) is 3.01. The molecule has 0 heterocycles. The number of hydrogen-bond donors (Lipinski definition) is 1. The van der Waals surface area contributed by atoms with Crippen LogP contribution in [0.4, 0.5) is 5.69 Å². The van der Waals surface area contributed by atoms with Crippen molar-refractivity contribution < 1.29 is 4.79 Å². The highest BCUT2D eigenvalue weighted by Crippen LogP contribution is 2.22. The number of anilines is 1. The highest BCUT2D eigenvalue weighted by atomic mass is 79.9. The smallest absolute Gasteiger partial charge is 0.255 e. The molecule has 0 spiro atoms. The number of hydrogen-bond acceptors (Lipinski definition) is 2. The molecular formula is C15H10BrClN2O. The van der Waals surface area contributed by atoms with E-state index in [-0.39, 0.29) is 5.91 Å². The molecule has 3 nitrogen and oxygen atoms in total. The van der Waals surface area contributed by atoms with Crippen LogP contribution in [0.3, 0.4) is 0 Å². The lowest BCUT2D eigenvalue weighted by atomic mass is 10.1. The van der Waals surface area contributed by atoms with E-state index in [1.165, 1.54) is 0 Å². The van der Waals surface area contributed by atoms with E-state index >= 15 is 0 Å². The minimum absolute atomic E-state index is 0.227. The first-order valence-corrected chi connectivity index (χ1v) is 6.96. The molecule has 0 aliphatic rings. The van der Waals surface area contributed by atoms with E-state index in [4.69, 9.17) is 16.9 Å². The van der Waals surface area contributed by atoms with Crippen molar-refractivity contribution in [2.45, 2.75) is 6.92 Å². The summed E-state index contributed by atoms with van der Waals surface area (Å²) in [5.41, 5.74) is 2.30. The second-order valence-corrected chi connectivity index (χ2v) is 5.43. The fourth-order valence-corrected chi connectivity index (χ4v) is 2.27. The summed E-state index contributed by atoms with van der Waals surface area (Å²) in [4.78, 5) is 12.2. The molecule has 0 atom stereocenters. The van der Waals surface area contributed by atoms with Crippen LogP contribution in [0.2, 0.25) is 5.02 Å². The fourth-order valence-electron chi connectivity index (χ4n) is 1.74. The van der Waals surface area contributed by atoms with Crippen molar-refractivity contribution in [3.63, 3.8) is 0 Å². The van der Waals surface area contributed by atoms with Gasteiger partial charge in [-0.3, -0.25) is 4.79 Å². The maximum Gasteiger partial charge on any atom is 0.255 e. The summed E-state index contributed by atoms with van der Waals surface area (Å²) in [5, 5.41) is 12.0. The van der Waals surface area contributed by atoms with E-state index in [0.717, 1.165) is 10.0 Å². The van der Waals surface area contributed by atoms with Crippen LogP contribution >= 0.6 is 27.5 Å². The van der Waals surface area contributed by atoms with Gasteiger partial charge in [0.2, 0.25) is 0 Å². The first kappa shape index (κ1) is 14.6. The van der Waals surface area contributed by atoms with Gasteiger partial charge in [-0.1, -0.05) is 33.6 Å². The van der Waals surface area contributed by atoms with Gasteiger partial charge < -0.3 is 5.32 Å². The normalized spacial score (nSPS) is 9.90. The first-order chi connectivity index (χ1) is 9.52. The minimum atomic E-state index is -0.227. The van der Waals surface area contributed by atoms with Crippen LogP contribution in [-0.2, 0) is 0 Å². The quantitative estimate of drug-likeness (QED) is 0.865. The predicted molar refractivity (Wildman–Crippen MR) is 83.0 cm³/mol. The summed E-state index contributed by atoms with van der Waals surface area (Å²) in [6.45, 7) is 1.86. The Kier molecular flexibility index (Phi) is 4.43. The molecule has 5 heteroatoms. The maximum absolute atomic E-state index is 12.2. The molecule has 0 fully saturated rings. The monoisotopic (exact) mass is 348 g/mol. The van der Waals surface area contributed by atoms with E-state index in [2.05, 4.69) is 21.2 Å². The van der Waals surface area contributed by atoms with E-state index in [9.17, 15) is 4.79 Å². The molecular weight excluding hydrogens is 340 g/mol. The summed E-state index contributed by atoms with van der Waals surface area (Å²) in [7, 11) is 0. The number of benzene rings is 2. The van der Waals surface area contributed by atoms with Gasteiger partial charge in [-0.05, 0) is 42.8 Å². The SMILES string of the molecule is Cc1c(Br)cccc1C(=O)Nc1ccc(Cl)c(C#N)c1. The van der Waals surface area contributed by atoms with Crippen molar-refractivity contribution in [1.82, 2.24) is 0 Å². The zero-order chi connectivity index (χ0) is 14.7. The van der Waals surface area contributed by atoms with Crippen LogP contribution in [0.15, 0.2) is 40.9 Å². The summed E-state index contributed by atoms with van der Waals surface area (Å²) in [6.07, 6.45) is 0. The number of amides is 1. The van der Waals surface area contributed by atoms with Crippen molar-refractivity contribution in [2.75, 3.05) is 5.32 Å². The van der Waals surface area contributed by atoms with Gasteiger partial charge in [-0.2, -0.15) is 5.26 Å². The molecule has 0 aliphatic heterocycles. The number of halogens is 2. The summed E-state index contributed by atoms with van der Waals surface area (Å²) < 4.78 is 0.874. The Balaban J connectivity index is 2.29. The van der Waals surface area contributed by atoms with Gasteiger partial charge in [0.25, 0.3) is 5.91 Å². The van der Waals surface area contributed by atoms with Crippen LogP contribution < -0.4 is 5.32 Å². The first-order valence-electron chi connectivity index (χ1n) is 5.79. The lowest BCUT2D eigenvalue weighted by Gasteiger charge is -2.09. The average Bonchev–Trinajstić information content (AvgIpc) is 2.43. The second-order valence-electron chi connectivity index (χ2n) is 4.17. The number of nitriles is 1. The Bertz CT molecular complexity index is 722. The van der Waals surface area contributed by atoms with Crippen LogP contribution in [0.25, 0.3) is 0 Å². The van der Waals surface area contributed by atoms with Crippen molar-refractivity contribution >= 4 is 39.1 Å². The fraction of sp³-hybridized carbons (Fsp3) is 0.0667. The number of nitrogens with zero attached hydrogens (tertiary/aromatic N) is 1. The number of carbonyl (C=O) groups excluding carboxylic acids is 1. The zero-order valence-electron chi connectivity index (χ0n) is 10.6. The molecule has 0 saturated carbocycles. The molecule has 20 heavy (non-hydrogen) atoms. The topological polar surface area (TPSA) is 52.9 Å². The molecule has 2 aromatic carbocycles. The lowest BCUT2D eigenvalue weighted by Crippen LogP contribution is -2.13. The Labute approximate surface area is 130 Å². The Morgan fingerprint density at radius 2 is 2.10 bits per heavy atom. The van der Waals surface area contributed by atoms with Crippen LogP contribution in [0.5, 0.6) is 0 Å². The molecule has 0 unspecified atom stereocenters. The predicted octanol–water partition coefficient (Wildman–Crippen LogP) is 4.53. The zero-order valence-corrected chi connectivity index (χ0v) is 12.9. The molecule has 2 rings (SSSR count). The molecule has 0 aromatic heterocycles. The highest BCUT2D eigenvalue weighted by molar-refractivity contribution is 9.10. The summed E-state index contributed by atoms with van der Waals surface area (Å²) >= 11 is 9.25. The maximum atomic E-state index is 12.2.